The van der Waals surface area contributed by atoms with Crippen LogP contribution >= 0.6 is 0 Å². The highest BCUT2D eigenvalue weighted by Crippen LogP contribution is 2.21. The maximum absolute atomic E-state index is 11.1. The predicted octanol–water partition coefficient (Wildman–Crippen LogP) is 1.50. The molecule has 0 spiro atoms. The van der Waals surface area contributed by atoms with E-state index in [0.717, 1.165) is 11.1 Å². The number of benzene rings is 1. The van der Waals surface area contributed by atoms with Gasteiger partial charge in [0.15, 0.2) is 0 Å². The molecule has 0 atom stereocenters. The Morgan fingerprint density at radius 3 is 3.15 bits per heavy atom. The van der Waals surface area contributed by atoms with Crippen molar-refractivity contribution < 1.29 is 14.3 Å². The van der Waals surface area contributed by atoms with Gasteiger partial charge in [0, 0.05) is 12.7 Å². The van der Waals surface area contributed by atoms with E-state index in [1.807, 2.05) is 12.1 Å². The highest BCUT2D eigenvalue weighted by Gasteiger charge is 2.20. The van der Waals surface area contributed by atoms with E-state index >= 15 is 0 Å². The van der Waals surface area contributed by atoms with Gasteiger partial charge in [-0.05, 0) is 17.7 Å². The molecular formula is C10H10O3. The largest absolute Gasteiger partial charge is 0.457 e. The molecule has 0 fully saturated rings. The van der Waals surface area contributed by atoms with Gasteiger partial charge in [-0.25, -0.2) is 4.79 Å². The molecule has 0 aliphatic carbocycles. The summed E-state index contributed by atoms with van der Waals surface area (Å²) in [5.41, 5.74) is 2.71. The molecule has 1 aliphatic rings. The summed E-state index contributed by atoms with van der Waals surface area (Å²) in [4.78, 5) is 11.1. The van der Waals surface area contributed by atoms with Crippen LogP contribution in [0.2, 0.25) is 0 Å². The van der Waals surface area contributed by atoms with Gasteiger partial charge in [0.25, 0.3) is 0 Å². The highest BCUT2D eigenvalue weighted by atomic mass is 16.5. The molecule has 0 bridgehead atoms. The molecule has 13 heavy (non-hydrogen) atoms. The SMILES string of the molecule is COCc1ccc2c(c1)COC2=O. The Morgan fingerprint density at radius 1 is 1.54 bits per heavy atom. The van der Waals surface area contributed by atoms with E-state index in [2.05, 4.69) is 0 Å². The Labute approximate surface area is 76.3 Å². The number of esters is 1. The molecule has 1 heterocycles. The second-order valence-electron chi connectivity index (χ2n) is 3.00. The van der Waals surface area contributed by atoms with Crippen molar-refractivity contribution >= 4 is 5.97 Å². The van der Waals surface area contributed by atoms with Gasteiger partial charge in [0.1, 0.15) is 6.61 Å². The number of carbonyl (C=O) groups is 1. The molecule has 3 heteroatoms. The number of methoxy groups -OCH3 is 1. The van der Waals surface area contributed by atoms with Gasteiger partial charge in [-0.15, -0.1) is 0 Å². The number of cyclic esters (lactones) is 1. The third kappa shape index (κ3) is 1.42. The second-order valence-corrected chi connectivity index (χ2v) is 3.00. The molecule has 0 aromatic heterocycles. The lowest BCUT2D eigenvalue weighted by atomic mass is 10.1. The number of hydrogen-bond acceptors (Lipinski definition) is 3. The molecule has 1 aromatic rings. The summed E-state index contributed by atoms with van der Waals surface area (Å²) in [5.74, 6) is -0.223. The van der Waals surface area contributed by atoms with E-state index in [-0.39, 0.29) is 5.97 Å². The zero-order valence-electron chi connectivity index (χ0n) is 7.37. The molecule has 1 aromatic carbocycles. The lowest BCUT2D eigenvalue weighted by Crippen LogP contribution is -1.94. The van der Waals surface area contributed by atoms with Crippen LogP contribution in [-0.2, 0) is 22.7 Å². The van der Waals surface area contributed by atoms with Gasteiger partial charge in [0.2, 0.25) is 0 Å². The quantitative estimate of drug-likeness (QED) is 0.644. The van der Waals surface area contributed by atoms with Crippen molar-refractivity contribution in [2.45, 2.75) is 13.2 Å². The van der Waals surface area contributed by atoms with Crippen molar-refractivity contribution in [3.05, 3.63) is 34.9 Å². The molecule has 3 nitrogen and oxygen atoms in total. The Bertz CT molecular complexity index is 344. The summed E-state index contributed by atoms with van der Waals surface area (Å²) in [6.45, 7) is 0.965. The molecule has 0 N–H and O–H groups in total. The topological polar surface area (TPSA) is 35.5 Å². The zero-order valence-corrected chi connectivity index (χ0v) is 7.37. The van der Waals surface area contributed by atoms with Crippen molar-refractivity contribution in [1.29, 1.82) is 0 Å². The van der Waals surface area contributed by atoms with Gasteiger partial charge in [0.05, 0.1) is 12.2 Å². The third-order valence-electron chi connectivity index (χ3n) is 2.06. The minimum atomic E-state index is -0.223. The maximum Gasteiger partial charge on any atom is 0.338 e. The summed E-state index contributed by atoms with van der Waals surface area (Å²) < 4.78 is 9.87. The van der Waals surface area contributed by atoms with Gasteiger partial charge in [-0.3, -0.25) is 0 Å². The Morgan fingerprint density at radius 2 is 2.38 bits per heavy atom. The molecule has 1 aliphatic heterocycles. The van der Waals surface area contributed by atoms with E-state index in [0.29, 0.717) is 18.8 Å². The van der Waals surface area contributed by atoms with Crippen molar-refractivity contribution in [2.24, 2.45) is 0 Å². The molecule has 2 rings (SSSR count). The summed E-state index contributed by atoms with van der Waals surface area (Å²) in [5, 5.41) is 0. The molecule has 0 saturated heterocycles. The first-order chi connectivity index (χ1) is 6.31. The van der Waals surface area contributed by atoms with Gasteiger partial charge >= 0.3 is 5.97 Å². The van der Waals surface area contributed by atoms with Gasteiger partial charge in [-0.1, -0.05) is 6.07 Å². The normalized spacial score (nSPS) is 14.1. The van der Waals surface area contributed by atoms with Crippen molar-refractivity contribution in [3.63, 3.8) is 0 Å². The van der Waals surface area contributed by atoms with E-state index in [1.54, 1.807) is 13.2 Å². The first-order valence-electron chi connectivity index (χ1n) is 4.09. The number of fused-ring (bicyclic) bond motifs is 1. The van der Waals surface area contributed by atoms with Crippen molar-refractivity contribution in [1.82, 2.24) is 0 Å². The fourth-order valence-corrected chi connectivity index (χ4v) is 1.44. The van der Waals surface area contributed by atoms with Gasteiger partial charge in [-0.2, -0.15) is 0 Å². The molecular weight excluding hydrogens is 168 g/mol. The minimum absolute atomic E-state index is 0.223. The minimum Gasteiger partial charge on any atom is -0.457 e. The molecule has 0 unspecified atom stereocenters. The molecule has 0 amide bonds. The maximum atomic E-state index is 11.1. The number of ether oxygens (including phenoxy) is 2. The van der Waals surface area contributed by atoms with E-state index in [4.69, 9.17) is 9.47 Å². The number of hydrogen-bond donors (Lipinski definition) is 0. The summed E-state index contributed by atoms with van der Waals surface area (Å²) >= 11 is 0. The lowest BCUT2D eigenvalue weighted by Gasteiger charge is -2.00. The number of carbonyl (C=O) groups excluding carboxylic acids is 1. The van der Waals surface area contributed by atoms with Crippen LogP contribution in [0.1, 0.15) is 21.5 Å². The summed E-state index contributed by atoms with van der Waals surface area (Å²) in [7, 11) is 1.65. The predicted molar refractivity (Wildman–Crippen MR) is 46.3 cm³/mol. The lowest BCUT2D eigenvalue weighted by molar-refractivity contribution is 0.0535. The van der Waals surface area contributed by atoms with Crippen LogP contribution in [0.15, 0.2) is 18.2 Å². The second kappa shape index (κ2) is 3.18. The van der Waals surface area contributed by atoms with Crippen LogP contribution in [0.25, 0.3) is 0 Å². The van der Waals surface area contributed by atoms with Crippen LogP contribution in [-0.4, -0.2) is 13.1 Å². The Balaban J connectivity index is 2.34. The fourth-order valence-electron chi connectivity index (χ4n) is 1.44. The Hall–Kier alpha value is -1.35. The van der Waals surface area contributed by atoms with Gasteiger partial charge < -0.3 is 9.47 Å². The summed E-state index contributed by atoms with van der Waals surface area (Å²) in [6, 6.07) is 5.62. The monoisotopic (exact) mass is 178 g/mol. The third-order valence-corrected chi connectivity index (χ3v) is 2.06. The van der Waals surface area contributed by atoms with Crippen LogP contribution < -0.4 is 0 Å². The van der Waals surface area contributed by atoms with Crippen molar-refractivity contribution in [3.8, 4) is 0 Å². The number of rotatable bonds is 2. The molecule has 0 radical (unpaired) electrons. The average molecular weight is 178 g/mol. The standard InChI is InChI=1S/C10H10O3/c1-12-5-7-2-3-9-8(4-7)6-13-10(9)11/h2-4H,5-6H2,1H3. The average Bonchev–Trinajstić information content (AvgIpc) is 2.48. The van der Waals surface area contributed by atoms with Crippen LogP contribution in [0, 0.1) is 0 Å². The molecule has 68 valence electrons. The first-order valence-corrected chi connectivity index (χ1v) is 4.09. The van der Waals surface area contributed by atoms with E-state index < -0.39 is 0 Å². The molecule has 0 saturated carbocycles. The highest BCUT2D eigenvalue weighted by molar-refractivity contribution is 5.93. The first kappa shape index (κ1) is 8.26. The van der Waals surface area contributed by atoms with Crippen molar-refractivity contribution in [2.75, 3.05) is 7.11 Å². The van der Waals surface area contributed by atoms with Crippen LogP contribution in [0.5, 0.6) is 0 Å². The van der Waals surface area contributed by atoms with Crippen LogP contribution in [0.3, 0.4) is 0 Å². The fraction of sp³-hybridized carbons (Fsp3) is 0.300. The van der Waals surface area contributed by atoms with Crippen LogP contribution in [0.4, 0.5) is 0 Å². The van der Waals surface area contributed by atoms with E-state index in [1.165, 1.54) is 0 Å². The van der Waals surface area contributed by atoms with E-state index in [9.17, 15) is 4.79 Å². The summed E-state index contributed by atoms with van der Waals surface area (Å²) in [6.07, 6.45) is 0. The smallest absolute Gasteiger partial charge is 0.338 e. The zero-order chi connectivity index (χ0) is 9.26. The Kier molecular flexibility index (Phi) is 2.02.